The van der Waals surface area contributed by atoms with E-state index in [1.54, 1.807) is 0 Å². The molecule has 0 radical (unpaired) electrons. The minimum atomic E-state index is 0.171. The summed E-state index contributed by atoms with van der Waals surface area (Å²) >= 11 is 0. The molecule has 1 aromatic carbocycles. The molecule has 1 unspecified atom stereocenters. The lowest BCUT2D eigenvalue weighted by Crippen LogP contribution is -2.22. The van der Waals surface area contributed by atoms with E-state index in [9.17, 15) is 0 Å². The molecule has 1 atom stereocenters. The summed E-state index contributed by atoms with van der Waals surface area (Å²) in [4.78, 5) is 14.5. The van der Waals surface area contributed by atoms with E-state index in [1.165, 1.54) is 16.5 Å². The highest BCUT2D eigenvalue weighted by Crippen LogP contribution is 2.21. The van der Waals surface area contributed by atoms with E-state index in [0.717, 1.165) is 0 Å². The van der Waals surface area contributed by atoms with Gasteiger partial charge in [-0.2, -0.15) is 15.0 Å². The van der Waals surface area contributed by atoms with Gasteiger partial charge in [-0.1, -0.05) is 12.1 Å². The standard InChI is InChI=1S/C17H23N7/c1-11(13-6-5-12-7-8-24(4)14(12)9-13)19-10-15-20-16(18)22-17(21-15)23(2)3/h5-9,11,19H,10H2,1-4H3,(H2,18,20,21,22). The second-order valence-electron chi connectivity index (χ2n) is 6.15. The molecule has 0 aliphatic carbocycles. The molecule has 2 heterocycles. The second-order valence-corrected chi connectivity index (χ2v) is 6.15. The van der Waals surface area contributed by atoms with Crippen molar-refractivity contribution in [3.05, 3.63) is 41.9 Å². The van der Waals surface area contributed by atoms with Crippen molar-refractivity contribution in [3.8, 4) is 0 Å². The van der Waals surface area contributed by atoms with Crippen molar-refractivity contribution in [2.45, 2.75) is 19.5 Å². The highest BCUT2D eigenvalue weighted by Gasteiger charge is 2.10. The zero-order chi connectivity index (χ0) is 17.3. The van der Waals surface area contributed by atoms with Crippen LogP contribution in [-0.4, -0.2) is 33.6 Å². The molecule has 126 valence electrons. The molecule has 7 nitrogen and oxygen atoms in total. The highest BCUT2D eigenvalue weighted by atomic mass is 15.3. The van der Waals surface area contributed by atoms with Crippen LogP contribution in [0.3, 0.4) is 0 Å². The summed E-state index contributed by atoms with van der Waals surface area (Å²) in [6.07, 6.45) is 2.07. The van der Waals surface area contributed by atoms with Gasteiger partial charge >= 0.3 is 0 Å². The van der Waals surface area contributed by atoms with Crippen molar-refractivity contribution < 1.29 is 0 Å². The third kappa shape index (κ3) is 3.30. The number of aromatic nitrogens is 4. The molecule has 3 N–H and O–H groups in total. The molecule has 0 spiro atoms. The van der Waals surface area contributed by atoms with E-state index in [4.69, 9.17) is 5.73 Å². The lowest BCUT2D eigenvalue weighted by atomic mass is 10.1. The first-order valence-electron chi connectivity index (χ1n) is 7.90. The minimum absolute atomic E-state index is 0.171. The first kappa shape index (κ1) is 16.2. The maximum absolute atomic E-state index is 5.76. The van der Waals surface area contributed by atoms with Gasteiger partial charge in [-0.15, -0.1) is 0 Å². The molecule has 0 saturated heterocycles. The summed E-state index contributed by atoms with van der Waals surface area (Å²) < 4.78 is 2.13. The first-order valence-corrected chi connectivity index (χ1v) is 7.90. The summed E-state index contributed by atoms with van der Waals surface area (Å²) in [6.45, 7) is 2.65. The van der Waals surface area contributed by atoms with Gasteiger partial charge in [0.25, 0.3) is 0 Å². The number of hydrogen-bond acceptors (Lipinski definition) is 6. The minimum Gasteiger partial charge on any atom is -0.368 e. The van der Waals surface area contributed by atoms with E-state index in [0.29, 0.717) is 18.3 Å². The summed E-state index contributed by atoms with van der Waals surface area (Å²) in [6, 6.07) is 8.79. The Morgan fingerprint density at radius 3 is 2.75 bits per heavy atom. The smallest absolute Gasteiger partial charge is 0.229 e. The van der Waals surface area contributed by atoms with Crippen LogP contribution in [0.2, 0.25) is 0 Å². The Balaban J connectivity index is 1.74. The Morgan fingerprint density at radius 1 is 1.21 bits per heavy atom. The quantitative estimate of drug-likeness (QED) is 0.745. The number of anilines is 2. The molecule has 0 fully saturated rings. The van der Waals surface area contributed by atoms with Crippen LogP contribution >= 0.6 is 0 Å². The molecule has 3 aromatic rings. The Bertz CT molecular complexity index is 853. The fourth-order valence-electron chi connectivity index (χ4n) is 2.62. The predicted octanol–water partition coefficient (Wildman–Crippen LogP) is 1.86. The zero-order valence-corrected chi connectivity index (χ0v) is 14.5. The van der Waals surface area contributed by atoms with Crippen LogP contribution in [0.4, 0.5) is 11.9 Å². The summed E-state index contributed by atoms with van der Waals surface area (Å²) in [5, 5.41) is 4.69. The van der Waals surface area contributed by atoms with E-state index in [1.807, 2.05) is 19.0 Å². The predicted molar refractivity (Wildman–Crippen MR) is 96.7 cm³/mol. The van der Waals surface area contributed by atoms with Gasteiger partial charge in [-0.25, -0.2) is 0 Å². The largest absolute Gasteiger partial charge is 0.368 e. The van der Waals surface area contributed by atoms with Crippen molar-refractivity contribution in [2.24, 2.45) is 7.05 Å². The molecule has 2 aromatic heterocycles. The SMILES string of the molecule is CC(NCc1nc(N)nc(N(C)C)n1)c1ccc2ccn(C)c2c1. The molecular formula is C17H23N7. The van der Waals surface area contributed by atoms with Crippen molar-refractivity contribution in [1.29, 1.82) is 0 Å². The maximum atomic E-state index is 5.76. The Kier molecular flexibility index (Phi) is 4.35. The van der Waals surface area contributed by atoms with Crippen LogP contribution in [-0.2, 0) is 13.6 Å². The average molecular weight is 325 g/mol. The molecule has 0 aliphatic heterocycles. The van der Waals surface area contributed by atoms with E-state index in [2.05, 4.69) is 69.3 Å². The van der Waals surface area contributed by atoms with Gasteiger partial charge in [-0.05, 0) is 30.0 Å². The normalized spacial score (nSPS) is 12.5. The second kappa shape index (κ2) is 6.45. The molecule has 24 heavy (non-hydrogen) atoms. The molecule has 0 saturated carbocycles. The first-order chi connectivity index (χ1) is 11.4. The van der Waals surface area contributed by atoms with Crippen LogP contribution in [0.5, 0.6) is 0 Å². The molecule has 0 aliphatic rings. The van der Waals surface area contributed by atoms with Crippen molar-refractivity contribution >= 4 is 22.8 Å². The van der Waals surface area contributed by atoms with E-state index >= 15 is 0 Å². The van der Waals surface area contributed by atoms with Gasteiger partial charge in [0.05, 0.1) is 6.54 Å². The number of nitrogens with two attached hydrogens (primary N) is 1. The van der Waals surface area contributed by atoms with Crippen molar-refractivity contribution in [1.82, 2.24) is 24.8 Å². The molecule has 0 bridgehead atoms. The molecule has 7 heteroatoms. The molecular weight excluding hydrogens is 302 g/mol. The molecule has 3 rings (SSSR count). The summed E-state index contributed by atoms with van der Waals surface area (Å²) in [5.74, 6) is 1.44. The Hall–Kier alpha value is -2.67. The number of nitrogens with zero attached hydrogens (tertiary/aromatic N) is 5. The third-order valence-corrected chi connectivity index (χ3v) is 4.07. The number of hydrogen-bond donors (Lipinski definition) is 2. The fraction of sp³-hybridized carbons (Fsp3) is 0.353. The summed E-state index contributed by atoms with van der Waals surface area (Å²) in [5.41, 5.74) is 8.21. The zero-order valence-electron chi connectivity index (χ0n) is 14.5. The summed E-state index contributed by atoms with van der Waals surface area (Å²) in [7, 11) is 5.81. The van der Waals surface area contributed by atoms with Crippen molar-refractivity contribution in [2.75, 3.05) is 24.7 Å². The number of nitrogen functional groups attached to an aromatic ring is 1. The lowest BCUT2D eigenvalue weighted by Gasteiger charge is -2.16. The topological polar surface area (TPSA) is 84.9 Å². The Morgan fingerprint density at radius 2 is 2.00 bits per heavy atom. The Labute approximate surface area is 141 Å². The van der Waals surface area contributed by atoms with E-state index in [-0.39, 0.29) is 12.0 Å². The van der Waals surface area contributed by atoms with Crippen LogP contribution < -0.4 is 16.0 Å². The van der Waals surface area contributed by atoms with Gasteiger partial charge in [0.15, 0.2) is 0 Å². The van der Waals surface area contributed by atoms with Gasteiger partial charge in [-0.3, -0.25) is 0 Å². The maximum Gasteiger partial charge on any atom is 0.229 e. The van der Waals surface area contributed by atoms with Gasteiger partial charge < -0.3 is 20.5 Å². The van der Waals surface area contributed by atoms with Crippen LogP contribution in [0, 0.1) is 0 Å². The lowest BCUT2D eigenvalue weighted by molar-refractivity contribution is 0.558. The van der Waals surface area contributed by atoms with E-state index < -0.39 is 0 Å². The van der Waals surface area contributed by atoms with Gasteiger partial charge in [0.2, 0.25) is 11.9 Å². The van der Waals surface area contributed by atoms with Gasteiger partial charge in [0, 0.05) is 38.9 Å². The van der Waals surface area contributed by atoms with Gasteiger partial charge in [0.1, 0.15) is 5.82 Å². The number of aryl methyl sites for hydroxylation is 1. The number of benzene rings is 1. The number of rotatable bonds is 5. The third-order valence-electron chi connectivity index (χ3n) is 4.07. The molecule has 0 amide bonds. The fourth-order valence-corrected chi connectivity index (χ4v) is 2.62. The number of fused-ring (bicyclic) bond motifs is 1. The monoisotopic (exact) mass is 325 g/mol. The highest BCUT2D eigenvalue weighted by molar-refractivity contribution is 5.80. The van der Waals surface area contributed by atoms with Crippen LogP contribution in [0.1, 0.15) is 24.4 Å². The van der Waals surface area contributed by atoms with Crippen LogP contribution in [0.25, 0.3) is 10.9 Å². The number of nitrogens with one attached hydrogen (secondary N) is 1. The average Bonchev–Trinajstić information content (AvgIpc) is 2.93. The van der Waals surface area contributed by atoms with Crippen molar-refractivity contribution in [3.63, 3.8) is 0 Å². The van der Waals surface area contributed by atoms with Crippen LogP contribution in [0.15, 0.2) is 30.5 Å².